The summed E-state index contributed by atoms with van der Waals surface area (Å²) in [5.74, 6) is -0.910. The minimum atomic E-state index is -0.910. The van der Waals surface area contributed by atoms with Crippen LogP contribution in [0.3, 0.4) is 0 Å². The van der Waals surface area contributed by atoms with Gasteiger partial charge in [-0.25, -0.2) is 4.79 Å². The smallest absolute Gasteiger partial charge is 0.335 e. The third kappa shape index (κ3) is 3.29. The number of carboxylic acids is 1. The highest BCUT2D eigenvalue weighted by Crippen LogP contribution is 2.18. The van der Waals surface area contributed by atoms with Crippen LogP contribution in [0.1, 0.15) is 48.0 Å². The van der Waals surface area contributed by atoms with E-state index in [4.69, 9.17) is 17.3 Å². The van der Waals surface area contributed by atoms with Crippen LogP contribution in [0, 0.1) is 0 Å². The third-order valence-corrected chi connectivity index (χ3v) is 3.69. The lowest BCUT2D eigenvalue weighted by Gasteiger charge is -2.24. The largest absolute Gasteiger partial charge is 0.478 e. The van der Waals surface area contributed by atoms with Crippen LogP contribution >= 0.6 is 12.2 Å². The van der Waals surface area contributed by atoms with E-state index in [2.05, 4.69) is 5.32 Å². The molecule has 0 heterocycles. The van der Waals surface area contributed by atoms with E-state index >= 15 is 0 Å². The zero-order valence-electron chi connectivity index (χ0n) is 10.2. The highest BCUT2D eigenvalue weighted by Gasteiger charge is 2.14. The Labute approximate surface area is 112 Å². The van der Waals surface area contributed by atoms with E-state index in [-0.39, 0.29) is 0 Å². The zero-order valence-corrected chi connectivity index (χ0v) is 11.0. The lowest BCUT2D eigenvalue weighted by atomic mass is 9.95. The summed E-state index contributed by atoms with van der Waals surface area (Å²) in [6, 6.07) is 7.19. The molecule has 0 unspecified atom stereocenters. The molecular formula is C14H17NO2S. The van der Waals surface area contributed by atoms with Gasteiger partial charge >= 0.3 is 5.97 Å². The number of hydrogen-bond donors (Lipinski definition) is 2. The maximum absolute atomic E-state index is 10.8. The Morgan fingerprint density at radius 1 is 1.11 bits per heavy atom. The van der Waals surface area contributed by atoms with Crippen molar-refractivity contribution in [3.63, 3.8) is 0 Å². The van der Waals surface area contributed by atoms with Crippen molar-refractivity contribution in [3.8, 4) is 0 Å². The number of aromatic carboxylic acids is 1. The van der Waals surface area contributed by atoms with E-state index in [1.165, 1.54) is 32.1 Å². The SMILES string of the molecule is O=C(O)c1ccc(C(=S)NC2CCCCC2)cc1. The normalized spacial score (nSPS) is 16.2. The van der Waals surface area contributed by atoms with Crippen LogP contribution in [-0.2, 0) is 0 Å². The van der Waals surface area contributed by atoms with E-state index in [0.717, 1.165) is 10.6 Å². The predicted molar refractivity (Wildman–Crippen MR) is 75.1 cm³/mol. The standard InChI is InChI=1S/C14H17NO2S/c16-14(17)11-8-6-10(7-9-11)13(18)15-12-4-2-1-3-5-12/h6-9,12H,1-5H2,(H,15,18)(H,16,17). The predicted octanol–water partition coefficient (Wildman–Crippen LogP) is 2.98. The summed E-state index contributed by atoms with van der Waals surface area (Å²) in [4.78, 5) is 11.5. The van der Waals surface area contributed by atoms with Crippen molar-refractivity contribution in [1.29, 1.82) is 0 Å². The quantitative estimate of drug-likeness (QED) is 0.823. The summed E-state index contributed by atoms with van der Waals surface area (Å²) in [6.45, 7) is 0. The van der Waals surface area contributed by atoms with Gasteiger partial charge in [0.05, 0.1) is 5.56 Å². The molecule has 0 atom stereocenters. The molecule has 1 aromatic rings. The van der Waals surface area contributed by atoms with Crippen LogP contribution in [0.15, 0.2) is 24.3 Å². The Bertz CT molecular complexity index is 436. The number of hydrogen-bond acceptors (Lipinski definition) is 2. The summed E-state index contributed by atoms with van der Waals surface area (Å²) in [7, 11) is 0. The lowest BCUT2D eigenvalue weighted by molar-refractivity contribution is 0.0697. The molecule has 96 valence electrons. The fourth-order valence-corrected chi connectivity index (χ4v) is 2.58. The number of thiocarbonyl (C=S) groups is 1. The van der Waals surface area contributed by atoms with Crippen LogP contribution in [0.4, 0.5) is 0 Å². The molecule has 1 aliphatic rings. The van der Waals surface area contributed by atoms with Gasteiger partial charge in [0, 0.05) is 11.6 Å². The van der Waals surface area contributed by atoms with Gasteiger partial charge in [-0.2, -0.15) is 0 Å². The minimum Gasteiger partial charge on any atom is -0.478 e. The topological polar surface area (TPSA) is 49.3 Å². The van der Waals surface area contributed by atoms with Gasteiger partial charge in [0.15, 0.2) is 0 Å². The molecule has 2 rings (SSSR count). The second-order valence-electron chi connectivity index (χ2n) is 4.69. The van der Waals surface area contributed by atoms with Crippen molar-refractivity contribution in [2.75, 3.05) is 0 Å². The summed E-state index contributed by atoms with van der Waals surface area (Å²) in [5.41, 5.74) is 1.18. The summed E-state index contributed by atoms with van der Waals surface area (Å²) >= 11 is 5.35. The van der Waals surface area contributed by atoms with Crippen LogP contribution in [0.25, 0.3) is 0 Å². The lowest BCUT2D eigenvalue weighted by Crippen LogP contribution is -2.35. The Kier molecular flexibility index (Phi) is 4.31. The third-order valence-electron chi connectivity index (χ3n) is 3.33. The molecule has 1 fully saturated rings. The zero-order chi connectivity index (χ0) is 13.0. The molecule has 1 aliphatic carbocycles. The molecule has 1 saturated carbocycles. The first-order chi connectivity index (χ1) is 8.66. The van der Waals surface area contributed by atoms with Gasteiger partial charge < -0.3 is 10.4 Å². The van der Waals surface area contributed by atoms with E-state index in [1.54, 1.807) is 24.3 Å². The fourth-order valence-electron chi connectivity index (χ4n) is 2.28. The molecule has 0 aliphatic heterocycles. The van der Waals surface area contributed by atoms with Gasteiger partial charge in [-0.1, -0.05) is 43.6 Å². The van der Waals surface area contributed by atoms with Crippen molar-refractivity contribution in [2.24, 2.45) is 0 Å². The van der Waals surface area contributed by atoms with Crippen molar-refractivity contribution in [3.05, 3.63) is 35.4 Å². The molecule has 0 bridgehead atoms. The van der Waals surface area contributed by atoms with E-state index in [9.17, 15) is 4.79 Å². The molecule has 0 aromatic heterocycles. The molecule has 0 saturated heterocycles. The maximum atomic E-state index is 10.8. The number of rotatable bonds is 3. The summed E-state index contributed by atoms with van der Waals surface area (Å²) in [6.07, 6.45) is 6.19. The molecule has 0 radical (unpaired) electrons. The minimum absolute atomic E-state index is 0.291. The average Bonchev–Trinajstić information content (AvgIpc) is 2.40. The maximum Gasteiger partial charge on any atom is 0.335 e. The number of benzene rings is 1. The molecule has 3 nitrogen and oxygen atoms in total. The second kappa shape index (κ2) is 5.96. The average molecular weight is 263 g/mol. The van der Waals surface area contributed by atoms with Gasteiger partial charge in [0.2, 0.25) is 0 Å². The monoisotopic (exact) mass is 263 g/mol. The Morgan fingerprint density at radius 3 is 2.22 bits per heavy atom. The second-order valence-corrected chi connectivity index (χ2v) is 5.10. The van der Waals surface area contributed by atoms with E-state index in [1.807, 2.05) is 0 Å². The van der Waals surface area contributed by atoms with Crippen LogP contribution in [0.5, 0.6) is 0 Å². The van der Waals surface area contributed by atoms with Crippen molar-refractivity contribution < 1.29 is 9.90 Å². The summed E-state index contributed by atoms with van der Waals surface area (Å²) < 4.78 is 0. The molecule has 18 heavy (non-hydrogen) atoms. The number of carboxylic acid groups (broad SMARTS) is 1. The van der Waals surface area contributed by atoms with E-state index < -0.39 is 5.97 Å². The molecule has 1 aromatic carbocycles. The van der Waals surface area contributed by atoms with Crippen LogP contribution in [0.2, 0.25) is 0 Å². The number of carbonyl (C=O) groups is 1. The first-order valence-corrected chi connectivity index (χ1v) is 6.72. The highest BCUT2D eigenvalue weighted by atomic mass is 32.1. The van der Waals surface area contributed by atoms with Crippen LogP contribution < -0.4 is 5.32 Å². The van der Waals surface area contributed by atoms with Gasteiger partial charge in [0.1, 0.15) is 4.99 Å². The van der Waals surface area contributed by atoms with Crippen molar-refractivity contribution in [2.45, 2.75) is 38.1 Å². The molecule has 0 amide bonds. The molecule has 0 spiro atoms. The Balaban J connectivity index is 1.97. The van der Waals surface area contributed by atoms with Gasteiger partial charge in [0.25, 0.3) is 0 Å². The highest BCUT2D eigenvalue weighted by molar-refractivity contribution is 7.80. The van der Waals surface area contributed by atoms with Gasteiger partial charge in [-0.05, 0) is 25.0 Å². The summed E-state index contributed by atoms with van der Waals surface area (Å²) in [5, 5.41) is 12.2. The first kappa shape index (κ1) is 13.0. The van der Waals surface area contributed by atoms with Crippen molar-refractivity contribution >= 4 is 23.2 Å². The first-order valence-electron chi connectivity index (χ1n) is 6.31. The van der Waals surface area contributed by atoms with Crippen LogP contribution in [-0.4, -0.2) is 22.1 Å². The van der Waals surface area contributed by atoms with Gasteiger partial charge in [-0.15, -0.1) is 0 Å². The molecular weight excluding hydrogens is 246 g/mol. The van der Waals surface area contributed by atoms with E-state index in [0.29, 0.717) is 11.6 Å². The molecule has 2 N–H and O–H groups in total. The number of nitrogens with one attached hydrogen (secondary N) is 1. The fraction of sp³-hybridized carbons (Fsp3) is 0.429. The molecule has 4 heteroatoms. The van der Waals surface area contributed by atoms with Crippen molar-refractivity contribution in [1.82, 2.24) is 5.32 Å². The Hall–Kier alpha value is -1.42. The van der Waals surface area contributed by atoms with Gasteiger partial charge in [-0.3, -0.25) is 0 Å². The Morgan fingerprint density at radius 2 is 1.67 bits per heavy atom.